The van der Waals surface area contributed by atoms with Crippen molar-refractivity contribution in [2.45, 2.75) is 51.9 Å². The third-order valence-electron chi connectivity index (χ3n) is 7.18. The zero-order valence-corrected chi connectivity index (χ0v) is 32.3. The first-order chi connectivity index (χ1) is 25.4. The average molecular weight is 753 g/mol. The minimum absolute atomic E-state index is 0.498. The molecule has 0 heterocycles. The van der Waals surface area contributed by atoms with Crippen LogP contribution in [0.2, 0.25) is 0 Å². The second-order valence-electron chi connectivity index (χ2n) is 11.4. The molecular weight excluding hydrogens is 684 g/mol. The fourth-order valence-corrected chi connectivity index (χ4v) is 4.55. The van der Waals surface area contributed by atoms with Crippen LogP contribution in [0.5, 0.6) is 5.75 Å². The number of hydrogen-bond acceptors (Lipinski definition) is 12. The van der Waals surface area contributed by atoms with Crippen molar-refractivity contribution in [3.8, 4) is 5.75 Å². The maximum absolute atomic E-state index is 5.77. The van der Waals surface area contributed by atoms with Gasteiger partial charge in [0.05, 0.1) is 145 Å². The highest BCUT2D eigenvalue weighted by molar-refractivity contribution is 6.17. The van der Waals surface area contributed by atoms with Gasteiger partial charge in [0.1, 0.15) is 12.4 Å². The van der Waals surface area contributed by atoms with E-state index in [1.807, 2.05) is 0 Å². The molecule has 12 nitrogen and oxygen atoms in total. The molecule has 0 aliphatic heterocycles. The number of aryl methyl sites for hydroxylation is 1. The molecule has 0 atom stereocenters. The normalized spacial score (nSPS) is 11.5. The van der Waals surface area contributed by atoms with Crippen LogP contribution in [-0.2, 0) is 58.5 Å². The van der Waals surface area contributed by atoms with Crippen molar-refractivity contribution < 1.29 is 56.8 Å². The molecule has 0 aliphatic carbocycles. The smallest absolute Gasteiger partial charge is 0.119 e. The minimum Gasteiger partial charge on any atom is -0.491 e. The van der Waals surface area contributed by atoms with Crippen LogP contribution in [0.1, 0.15) is 51.0 Å². The molecule has 1 aromatic rings. The SMILES string of the molecule is CCCCCCCCc1ccc(OCCOCCOCCOCCOCCOCCOCCOCCOCCOCCOCCOCCCl)cc1. The van der Waals surface area contributed by atoms with Crippen molar-refractivity contribution in [2.24, 2.45) is 0 Å². The molecular formula is C38H69ClO12. The van der Waals surface area contributed by atoms with Crippen molar-refractivity contribution in [1.82, 2.24) is 0 Å². The van der Waals surface area contributed by atoms with Crippen LogP contribution < -0.4 is 4.74 Å². The molecule has 0 N–H and O–H groups in total. The number of hydrogen-bond donors (Lipinski definition) is 0. The van der Waals surface area contributed by atoms with E-state index in [-0.39, 0.29) is 0 Å². The van der Waals surface area contributed by atoms with Gasteiger partial charge in [0.2, 0.25) is 0 Å². The van der Waals surface area contributed by atoms with Gasteiger partial charge in [-0.05, 0) is 30.5 Å². The Morgan fingerprint density at radius 1 is 0.353 bits per heavy atom. The Labute approximate surface area is 313 Å². The van der Waals surface area contributed by atoms with Crippen molar-refractivity contribution in [2.75, 3.05) is 158 Å². The Kier molecular flexibility index (Phi) is 39.1. The van der Waals surface area contributed by atoms with Crippen LogP contribution in [0, 0.1) is 0 Å². The van der Waals surface area contributed by atoms with Gasteiger partial charge >= 0.3 is 0 Å². The second-order valence-corrected chi connectivity index (χ2v) is 11.8. The van der Waals surface area contributed by atoms with Crippen LogP contribution in [0.15, 0.2) is 24.3 Å². The van der Waals surface area contributed by atoms with Crippen LogP contribution in [0.3, 0.4) is 0 Å². The lowest BCUT2D eigenvalue weighted by Crippen LogP contribution is -2.15. The summed E-state index contributed by atoms with van der Waals surface area (Å²) < 4.78 is 65.9. The monoisotopic (exact) mass is 752 g/mol. The molecule has 1 rings (SSSR count). The van der Waals surface area contributed by atoms with E-state index < -0.39 is 0 Å². The first kappa shape index (κ1) is 47.9. The number of unbranched alkanes of at least 4 members (excludes halogenated alkanes) is 5. The van der Waals surface area contributed by atoms with Crippen LogP contribution in [0.25, 0.3) is 0 Å². The average Bonchev–Trinajstić information content (AvgIpc) is 3.15. The van der Waals surface area contributed by atoms with Gasteiger partial charge in [-0.15, -0.1) is 11.6 Å². The fraction of sp³-hybridized carbons (Fsp3) is 0.842. The van der Waals surface area contributed by atoms with Crippen molar-refractivity contribution in [3.05, 3.63) is 29.8 Å². The summed E-state index contributed by atoms with van der Waals surface area (Å²) in [6, 6.07) is 8.43. The molecule has 0 saturated heterocycles. The van der Waals surface area contributed by atoms with E-state index in [9.17, 15) is 0 Å². The van der Waals surface area contributed by atoms with E-state index in [2.05, 4.69) is 31.2 Å². The molecule has 300 valence electrons. The quantitative estimate of drug-likeness (QED) is 0.0631. The van der Waals surface area contributed by atoms with Crippen LogP contribution >= 0.6 is 11.6 Å². The Morgan fingerprint density at radius 3 is 0.980 bits per heavy atom. The number of rotatable bonds is 43. The van der Waals surface area contributed by atoms with Gasteiger partial charge in [0.15, 0.2) is 0 Å². The standard InChI is InChI=1S/C38H69ClO12/c1-2-3-4-5-6-7-8-37-9-11-38(12-10-37)51-36-35-50-34-33-49-32-31-48-30-29-47-28-27-46-26-25-45-24-23-44-22-21-43-20-19-42-18-17-41-16-15-40-14-13-39/h9-12H,2-8,13-36H2,1H3. The van der Waals surface area contributed by atoms with Crippen molar-refractivity contribution >= 4 is 11.6 Å². The molecule has 0 spiro atoms. The van der Waals surface area contributed by atoms with E-state index >= 15 is 0 Å². The van der Waals surface area contributed by atoms with Gasteiger partial charge in [0.25, 0.3) is 0 Å². The minimum atomic E-state index is 0.498. The summed E-state index contributed by atoms with van der Waals surface area (Å²) in [6.07, 6.45) is 9.09. The summed E-state index contributed by atoms with van der Waals surface area (Å²) >= 11 is 5.52. The van der Waals surface area contributed by atoms with Gasteiger partial charge < -0.3 is 56.8 Å². The van der Waals surface area contributed by atoms with E-state index in [0.717, 1.165) is 12.2 Å². The molecule has 0 aromatic heterocycles. The molecule has 0 radical (unpaired) electrons. The summed E-state index contributed by atoms with van der Waals surface area (Å²) in [7, 11) is 0. The van der Waals surface area contributed by atoms with Gasteiger partial charge in [0, 0.05) is 5.88 Å². The Morgan fingerprint density at radius 2 is 0.647 bits per heavy atom. The maximum Gasteiger partial charge on any atom is 0.119 e. The molecule has 51 heavy (non-hydrogen) atoms. The summed E-state index contributed by atoms with van der Waals surface area (Å²) in [5.74, 6) is 1.38. The van der Waals surface area contributed by atoms with E-state index in [1.54, 1.807) is 0 Å². The lowest BCUT2D eigenvalue weighted by Gasteiger charge is -2.09. The molecule has 0 unspecified atom stereocenters. The lowest BCUT2D eigenvalue weighted by atomic mass is 10.0. The third kappa shape index (κ3) is 37.0. The summed E-state index contributed by atoms with van der Waals surface area (Å²) in [6.45, 7) is 14.3. The number of alkyl halides is 1. The Bertz CT molecular complexity index is 793. The predicted octanol–water partition coefficient (Wildman–Crippen LogP) is 5.39. The van der Waals surface area contributed by atoms with E-state index in [1.165, 1.54) is 44.1 Å². The zero-order valence-electron chi connectivity index (χ0n) is 31.5. The highest BCUT2D eigenvalue weighted by Crippen LogP contribution is 2.15. The lowest BCUT2D eigenvalue weighted by molar-refractivity contribution is -0.0276. The zero-order chi connectivity index (χ0) is 36.4. The van der Waals surface area contributed by atoms with Crippen molar-refractivity contribution in [1.29, 1.82) is 0 Å². The number of halogens is 1. The molecule has 1 aromatic carbocycles. The summed E-state index contributed by atoms with van der Waals surface area (Å²) in [5.41, 5.74) is 1.38. The molecule has 0 saturated carbocycles. The fourth-order valence-electron chi connectivity index (χ4n) is 4.44. The summed E-state index contributed by atoms with van der Waals surface area (Å²) in [4.78, 5) is 0. The van der Waals surface area contributed by atoms with Crippen molar-refractivity contribution in [3.63, 3.8) is 0 Å². The molecule has 0 aliphatic rings. The van der Waals surface area contributed by atoms with Crippen LogP contribution in [0.4, 0.5) is 0 Å². The van der Waals surface area contributed by atoms with Gasteiger partial charge in [-0.2, -0.15) is 0 Å². The van der Waals surface area contributed by atoms with Gasteiger partial charge in [-0.25, -0.2) is 0 Å². The molecule has 0 fully saturated rings. The predicted molar refractivity (Wildman–Crippen MR) is 199 cm³/mol. The second kappa shape index (κ2) is 41.6. The maximum atomic E-state index is 5.77. The summed E-state index contributed by atoms with van der Waals surface area (Å²) in [5, 5.41) is 0. The topological polar surface area (TPSA) is 111 Å². The largest absolute Gasteiger partial charge is 0.491 e. The first-order valence-electron chi connectivity index (χ1n) is 19.0. The molecule has 13 heteroatoms. The highest BCUT2D eigenvalue weighted by atomic mass is 35.5. The van der Waals surface area contributed by atoms with E-state index in [0.29, 0.717) is 158 Å². The Balaban J connectivity index is 1.68. The third-order valence-corrected chi connectivity index (χ3v) is 7.33. The molecule has 0 amide bonds. The first-order valence-corrected chi connectivity index (χ1v) is 19.5. The molecule has 0 bridgehead atoms. The van der Waals surface area contributed by atoms with Crippen LogP contribution in [-0.4, -0.2) is 158 Å². The number of benzene rings is 1. The highest BCUT2D eigenvalue weighted by Gasteiger charge is 1.99. The Hall–Kier alpha value is -1.13. The van der Waals surface area contributed by atoms with Gasteiger partial charge in [-0.3, -0.25) is 0 Å². The number of ether oxygens (including phenoxy) is 12. The van der Waals surface area contributed by atoms with E-state index in [4.69, 9.17) is 68.4 Å². The van der Waals surface area contributed by atoms with Gasteiger partial charge in [-0.1, -0.05) is 51.2 Å².